The molecule has 0 atom stereocenters. The first-order valence-electron chi connectivity index (χ1n) is 10.3. The summed E-state index contributed by atoms with van der Waals surface area (Å²) in [6.45, 7) is 5.05. The normalized spacial score (nSPS) is 16.6. The topological polar surface area (TPSA) is 74.6 Å². The molecule has 0 saturated carbocycles. The highest BCUT2D eigenvalue weighted by atomic mass is 32.2. The zero-order valence-corrected chi connectivity index (χ0v) is 18.5. The molecular weight excluding hydrogens is 410 g/mol. The second kappa shape index (κ2) is 8.20. The quantitative estimate of drug-likeness (QED) is 0.592. The second-order valence-corrected chi connectivity index (χ2v) is 9.47. The summed E-state index contributed by atoms with van der Waals surface area (Å²) in [6.07, 6.45) is 5.50. The van der Waals surface area contributed by atoms with Crippen LogP contribution in [0.3, 0.4) is 0 Å². The van der Waals surface area contributed by atoms with Crippen LogP contribution in [0.25, 0.3) is 11.3 Å². The second-order valence-electron chi connectivity index (χ2n) is 8.19. The molecule has 2 aliphatic rings. The van der Waals surface area contributed by atoms with Crippen LogP contribution >= 0.6 is 11.9 Å². The van der Waals surface area contributed by atoms with Crippen molar-refractivity contribution in [3.05, 3.63) is 60.0 Å². The Hall–Kier alpha value is -2.52. The Kier molecular flexibility index (Phi) is 5.39. The van der Waals surface area contributed by atoms with Crippen molar-refractivity contribution in [2.45, 2.75) is 17.2 Å². The summed E-state index contributed by atoms with van der Waals surface area (Å²) in [7, 11) is 1.98. The summed E-state index contributed by atoms with van der Waals surface area (Å²) < 4.78 is 7.63. The zero-order chi connectivity index (χ0) is 21.4. The molecule has 0 aliphatic carbocycles. The predicted octanol–water partition coefficient (Wildman–Crippen LogP) is 3.20. The molecule has 5 rings (SSSR count). The van der Waals surface area contributed by atoms with E-state index in [1.165, 1.54) is 5.56 Å². The largest absolute Gasteiger partial charge is 0.395 e. The van der Waals surface area contributed by atoms with Crippen molar-refractivity contribution < 1.29 is 9.84 Å². The fourth-order valence-corrected chi connectivity index (χ4v) is 4.97. The first kappa shape index (κ1) is 20.4. The monoisotopic (exact) mass is 435 g/mol. The van der Waals surface area contributed by atoms with Gasteiger partial charge in [-0.2, -0.15) is 0 Å². The lowest BCUT2D eigenvalue weighted by molar-refractivity contribution is -0.0507. The van der Waals surface area contributed by atoms with Crippen molar-refractivity contribution in [2.75, 3.05) is 44.9 Å². The molecule has 0 unspecified atom stereocenters. The molecule has 8 heteroatoms. The Morgan fingerprint density at radius 3 is 2.65 bits per heavy atom. The van der Waals surface area contributed by atoms with Gasteiger partial charge in [0.15, 0.2) is 0 Å². The minimum Gasteiger partial charge on any atom is -0.395 e. The minimum atomic E-state index is 0.00958. The highest BCUT2D eigenvalue weighted by Crippen LogP contribution is 2.48. The van der Waals surface area contributed by atoms with Crippen LogP contribution in [-0.2, 0) is 10.2 Å². The number of aliphatic hydroxyl groups excluding tert-OH is 1. The Bertz CT molecular complexity index is 1090. The van der Waals surface area contributed by atoms with E-state index in [9.17, 15) is 5.11 Å². The van der Waals surface area contributed by atoms with E-state index < -0.39 is 0 Å². The third-order valence-electron chi connectivity index (χ3n) is 5.82. The van der Waals surface area contributed by atoms with Crippen LogP contribution in [0, 0.1) is 6.92 Å². The van der Waals surface area contributed by atoms with Gasteiger partial charge in [-0.1, -0.05) is 6.07 Å². The molecule has 2 aliphatic heterocycles. The van der Waals surface area contributed by atoms with E-state index in [1.54, 1.807) is 11.9 Å². The maximum absolute atomic E-state index is 9.19. The number of rotatable bonds is 6. The van der Waals surface area contributed by atoms with E-state index in [4.69, 9.17) is 14.7 Å². The van der Waals surface area contributed by atoms with Crippen molar-refractivity contribution >= 4 is 23.6 Å². The summed E-state index contributed by atoms with van der Waals surface area (Å²) in [5.74, 6) is 0.687. The number of benzene rings is 1. The van der Waals surface area contributed by atoms with Crippen LogP contribution in [0.4, 0.5) is 11.6 Å². The van der Waals surface area contributed by atoms with Crippen LogP contribution in [-0.4, -0.2) is 64.3 Å². The van der Waals surface area contributed by atoms with Crippen LogP contribution in [0.15, 0.2) is 53.8 Å². The molecule has 2 aromatic heterocycles. The lowest BCUT2D eigenvalue weighted by atomic mass is 9.81. The zero-order valence-electron chi connectivity index (χ0n) is 17.7. The third-order valence-corrected chi connectivity index (χ3v) is 6.77. The van der Waals surface area contributed by atoms with E-state index in [1.807, 2.05) is 42.1 Å². The maximum atomic E-state index is 9.19. The van der Waals surface area contributed by atoms with Crippen LogP contribution < -0.4 is 4.90 Å². The maximum Gasteiger partial charge on any atom is 0.229 e. The molecule has 1 aromatic carbocycles. The minimum absolute atomic E-state index is 0.00958. The van der Waals surface area contributed by atoms with Gasteiger partial charge in [0, 0.05) is 47.8 Å². The van der Waals surface area contributed by atoms with Crippen molar-refractivity contribution in [2.24, 2.45) is 0 Å². The molecule has 0 amide bonds. The summed E-state index contributed by atoms with van der Waals surface area (Å²) in [5.41, 5.74) is 5.38. The smallest absolute Gasteiger partial charge is 0.229 e. The van der Waals surface area contributed by atoms with Gasteiger partial charge in [0.2, 0.25) is 5.95 Å². The number of ether oxygens (including phenoxy) is 1. The fourth-order valence-electron chi connectivity index (χ4n) is 4.14. The number of aromatic nitrogens is 3. The number of anilines is 2. The van der Waals surface area contributed by atoms with Gasteiger partial charge in [-0.05, 0) is 61.3 Å². The SMILES string of the molecule is Cc1ccnc(-c2cnc(N3CC4(COC4)c4ccc(SN(C)CCO)cc43)nc2)c1. The number of aryl methyl sites for hydroxylation is 1. The number of aliphatic hydroxyl groups is 1. The Labute approximate surface area is 186 Å². The molecule has 3 aromatic rings. The van der Waals surface area contributed by atoms with Gasteiger partial charge in [0.1, 0.15) is 0 Å². The van der Waals surface area contributed by atoms with E-state index in [2.05, 4.69) is 35.0 Å². The number of likely N-dealkylation sites (N-methyl/N-ethyl adjacent to an activating group) is 1. The van der Waals surface area contributed by atoms with Crippen LogP contribution in [0.2, 0.25) is 0 Å². The van der Waals surface area contributed by atoms with Crippen molar-refractivity contribution in [1.29, 1.82) is 0 Å². The first-order chi connectivity index (χ1) is 15.1. The van der Waals surface area contributed by atoms with E-state index in [-0.39, 0.29) is 12.0 Å². The molecule has 7 nitrogen and oxygen atoms in total. The number of fused-ring (bicyclic) bond motifs is 2. The fraction of sp³-hybridized carbons (Fsp3) is 0.348. The summed E-state index contributed by atoms with van der Waals surface area (Å²) in [4.78, 5) is 17.1. The Morgan fingerprint density at radius 1 is 1.16 bits per heavy atom. The van der Waals surface area contributed by atoms with Crippen molar-refractivity contribution in [3.63, 3.8) is 0 Å². The number of hydrogen-bond donors (Lipinski definition) is 1. The Balaban J connectivity index is 1.46. The lowest BCUT2D eigenvalue weighted by Crippen LogP contribution is -2.49. The summed E-state index contributed by atoms with van der Waals surface area (Å²) >= 11 is 1.62. The number of hydrogen-bond acceptors (Lipinski definition) is 8. The molecule has 1 fully saturated rings. The molecule has 1 N–H and O–H groups in total. The summed E-state index contributed by atoms with van der Waals surface area (Å²) in [5, 5.41) is 9.19. The van der Waals surface area contributed by atoms with E-state index in [0.717, 1.165) is 47.2 Å². The van der Waals surface area contributed by atoms with Gasteiger partial charge < -0.3 is 14.7 Å². The summed E-state index contributed by atoms with van der Waals surface area (Å²) in [6, 6.07) is 10.6. The number of pyridine rings is 1. The van der Waals surface area contributed by atoms with E-state index >= 15 is 0 Å². The average Bonchev–Trinajstić information content (AvgIpc) is 3.09. The standard InChI is InChI=1S/C23H25N5O2S/c1-16-5-6-24-20(9-16)17-11-25-22(26-12-17)28-13-23(14-30-15-23)19-4-3-18(10-21(19)28)31-27(2)7-8-29/h3-6,9-12,29H,7-8,13-15H2,1-2H3. The molecule has 4 heterocycles. The molecular formula is C23H25N5O2S. The molecule has 31 heavy (non-hydrogen) atoms. The number of nitrogens with zero attached hydrogens (tertiary/aromatic N) is 5. The molecule has 0 radical (unpaired) electrons. The van der Waals surface area contributed by atoms with Gasteiger partial charge in [-0.3, -0.25) is 4.98 Å². The Morgan fingerprint density at radius 2 is 1.97 bits per heavy atom. The van der Waals surface area contributed by atoms with Crippen molar-refractivity contribution in [3.8, 4) is 11.3 Å². The van der Waals surface area contributed by atoms with Gasteiger partial charge >= 0.3 is 0 Å². The molecule has 1 saturated heterocycles. The predicted molar refractivity (Wildman–Crippen MR) is 122 cm³/mol. The van der Waals surface area contributed by atoms with Gasteiger partial charge in [0.05, 0.1) is 30.9 Å². The first-order valence-corrected chi connectivity index (χ1v) is 11.1. The highest BCUT2D eigenvalue weighted by Gasteiger charge is 2.49. The van der Waals surface area contributed by atoms with Crippen LogP contribution in [0.5, 0.6) is 0 Å². The lowest BCUT2D eigenvalue weighted by Gasteiger charge is -2.38. The van der Waals surface area contributed by atoms with E-state index in [0.29, 0.717) is 12.5 Å². The van der Waals surface area contributed by atoms with Gasteiger partial charge in [-0.25, -0.2) is 14.3 Å². The van der Waals surface area contributed by atoms with Gasteiger partial charge in [0.25, 0.3) is 0 Å². The van der Waals surface area contributed by atoms with Crippen LogP contribution in [0.1, 0.15) is 11.1 Å². The van der Waals surface area contributed by atoms with Gasteiger partial charge in [-0.15, -0.1) is 0 Å². The molecule has 160 valence electrons. The average molecular weight is 436 g/mol. The molecule has 0 bridgehead atoms. The van der Waals surface area contributed by atoms with Crippen molar-refractivity contribution in [1.82, 2.24) is 19.3 Å². The molecule has 1 spiro atoms. The third kappa shape index (κ3) is 3.80. The highest BCUT2D eigenvalue weighted by molar-refractivity contribution is 7.97.